The molecule has 4 aromatic rings. The predicted molar refractivity (Wildman–Crippen MR) is 135 cm³/mol. The molecular formula is C27H27F3N2O3S. The number of aryl methyl sites for hydroxylation is 1. The van der Waals surface area contributed by atoms with Gasteiger partial charge in [-0.2, -0.15) is 13.2 Å². The van der Waals surface area contributed by atoms with Crippen LogP contribution in [0.5, 0.6) is 5.75 Å². The Kier molecular flexibility index (Phi) is 8.01. The third-order valence-corrected chi connectivity index (χ3v) is 6.89. The van der Waals surface area contributed by atoms with Gasteiger partial charge >= 0.3 is 12.1 Å². The molecule has 9 heteroatoms. The third-order valence-electron chi connectivity index (χ3n) is 5.74. The lowest BCUT2D eigenvalue weighted by atomic mass is 10.1. The first-order chi connectivity index (χ1) is 17.3. The van der Waals surface area contributed by atoms with Crippen molar-refractivity contribution in [2.24, 2.45) is 7.05 Å². The molecule has 2 aromatic heterocycles. The normalized spacial score (nSPS) is 11.7. The molecule has 0 aliphatic heterocycles. The van der Waals surface area contributed by atoms with Crippen molar-refractivity contribution in [3.63, 3.8) is 0 Å². The van der Waals surface area contributed by atoms with Gasteiger partial charge in [-0.1, -0.05) is 30.3 Å². The summed E-state index contributed by atoms with van der Waals surface area (Å²) < 4.78 is 53.8. The maximum Gasteiger partial charge on any atom is 0.426 e. The Morgan fingerprint density at radius 3 is 2.58 bits per heavy atom. The van der Waals surface area contributed by atoms with Crippen LogP contribution in [0.15, 0.2) is 60.7 Å². The maximum atomic E-state index is 13.6. The molecule has 0 unspecified atom stereocenters. The second-order valence-corrected chi connectivity index (χ2v) is 9.39. The van der Waals surface area contributed by atoms with Crippen LogP contribution in [0.4, 0.5) is 13.2 Å². The van der Waals surface area contributed by atoms with Gasteiger partial charge in [0.2, 0.25) is 0 Å². The molecule has 0 spiro atoms. The maximum absolute atomic E-state index is 13.6. The number of rotatable bonds is 10. The molecule has 0 bridgehead atoms. The van der Waals surface area contributed by atoms with Gasteiger partial charge in [0.25, 0.3) is 0 Å². The first kappa shape index (κ1) is 25.8. The monoisotopic (exact) mass is 516 g/mol. The number of ether oxygens (including phenoxy) is 2. The topological polar surface area (TPSA) is 52.5 Å². The lowest BCUT2D eigenvalue weighted by molar-refractivity contribution is -0.143. The van der Waals surface area contributed by atoms with Crippen molar-refractivity contribution in [3.8, 4) is 16.9 Å². The number of hydrogen-bond acceptors (Lipinski definition) is 5. The van der Waals surface area contributed by atoms with E-state index in [9.17, 15) is 18.0 Å². The molecule has 5 nitrogen and oxygen atoms in total. The van der Waals surface area contributed by atoms with Gasteiger partial charge in [0.05, 0.1) is 13.0 Å². The van der Waals surface area contributed by atoms with Gasteiger partial charge in [-0.05, 0) is 42.8 Å². The molecule has 0 radical (unpaired) electrons. The minimum atomic E-state index is -4.43. The number of nitrogens with zero attached hydrogens (tertiary/aromatic N) is 1. The zero-order valence-corrected chi connectivity index (χ0v) is 20.8. The van der Waals surface area contributed by atoms with Crippen molar-refractivity contribution in [1.82, 2.24) is 9.88 Å². The number of carbonyl (C=O) groups excluding carboxylic acids is 1. The lowest BCUT2D eigenvalue weighted by Crippen LogP contribution is -2.20. The fraction of sp³-hybridized carbons (Fsp3) is 0.296. The molecule has 0 saturated heterocycles. The lowest BCUT2D eigenvalue weighted by Gasteiger charge is -2.07. The summed E-state index contributed by atoms with van der Waals surface area (Å²) in [5, 5.41) is 4.21. The Morgan fingerprint density at radius 2 is 1.86 bits per heavy atom. The van der Waals surface area contributed by atoms with Crippen LogP contribution in [-0.4, -0.2) is 23.7 Å². The Bertz CT molecular complexity index is 1330. The van der Waals surface area contributed by atoms with Gasteiger partial charge in [-0.25, -0.2) is 0 Å². The van der Waals surface area contributed by atoms with E-state index in [-0.39, 0.29) is 18.1 Å². The van der Waals surface area contributed by atoms with Crippen LogP contribution in [0.1, 0.15) is 28.8 Å². The van der Waals surface area contributed by atoms with E-state index >= 15 is 0 Å². The minimum Gasteiger partial charge on any atom is -0.488 e. The van der Waals surface area contributed by atoms with E-state index in [0.29, 0.717) is 53.6 Å². The summed E-state index contributed by atoms with van der Waals surface area (Å²) in [6.07, 6.45) is -4.13. The standard InChI is InChI=1S/C27H27F3N2O3S/c1-3-34-25(33)11-12-31-16-20-13-19-14-21(9-10-24(19)32(20)2)35-17-22-15-23(18-7-5-4-6-8-18)26(36-22)27(28,29)30/h4-10,13-15,31H,3,11-12,16-17H2,1-2H3. The quantitative estimate of drug-likeness (QED) is 0.192. The number of alkyl halides is 3. The second kappa shape index (κ2) is 11.2. The third kappa shape index (κ3) is 6.09. The number of esters is 1. The molecule has 2 aromatic carbocycles. The van der Waals surface area contributed by atoms with Gasteiger partial charge in [0.15, 0.2) is 0 Å². The Morgan fingerprint density at radius 1 is 1.08 bits per heavy atom. The van der Waals surface area contributed by atoms with Crippen molar-refractivity contribution >= 4 is 28.2 Å². The predicted octanol–water partition coefficient (Wildman–Crippen LogP) is 6.55. The van der Waals surface area contributed by atoms with Crippen LogP contribution in [0, 0.1) is 0 Å². The summed E-state index contributed by atoms with van der Waals surface area (Å²) in [6.45, 7) is 3.29. The summed E-state index contributed by atoms with van der Waals surface area (Å²) in [7, 11) is 1.96. The number of aromatic nitrogens is 1. The molecule has 36 heavy (non-hydrogen) atoms. The first-order valence-electron chi connectivity index (χ1n) is 11.6. The van der Waals surface area contributed by atoms with Crippen LogP contribution >= 0.6 is 11.3 Å². The van der Waals surface area contributed by atoms with Gasteiger partial charge in [-0.15, -0.1) is 11.3 Å². The summed E-state index contributed by atoms with van der Waals surface area (Å²) >= 11 is 0.712. The highest BCUT2D eigenvalue weighted by Gasteiger charge is 2.36. The molecule has 2 heterocycles. The molecule has 0 atom stereocenters. The highest BCUT2D eigenvalue weighted by Crippen LogP contribution is 2.43. The van der Waals surface area contributed by atoms with Gasteiger partial charge in [-0.3, -0.25) is 4.79 Å². The number of thiophene rings is 1. The Labute approximate surface area is 211 Å². The molecule has 0 amide bonds. The molecule has 0 aliphatic rings. The zero-order valence-electron chi connectivity index (χ0n) is 20.0. The fourth-order valence-corrected chi connectivity index (χ4v) is 4.95. The van der Waals surface area contributed by atoms with E-state index in [2.05, 4.69) is 9.88 Å². The van der Waals surface area contributed by atoms with Crippen molar-refractivity contribution in [3.05, 3.63) is 76.1 Å². The van der Waals surface area contributed by atoms with Crippen LogP contribution < -0.4 is 10.1 Å². The van der Waals surface area contributed by atoms with Crippen molar-refractivity contribution in [2.45, 2.75) is 32.7 Å². The van der Waals surface area contributed by atoms with Gasteiger partial charge < -0.3 is 19.4 Å². The van der Waals surface area contributed by atoms with E-state index in [1.165, 1.54) is 0 Å². The summed E-state index contributed by atoms with van der Waals surface area (Å²) in [6, 6.07) is 17.8. The van der Waals surface area contributed by atoms with Gasteiger partial charge in [0, 0.05) is 47.2 Å². The zero-order chi connectivity index (χ0) is 25.7. The van der Waals surface area contributed by atoms with Crippen LogP contribution in [0.2, 0.25) is 0 Å². The van der Waals surface area contributed by atoms with E-state index in [4.69, 9.17) is 9.47 Å². The number of hydrogen-bond donors (Lipinski definition) is 1. The smallest absolute Gasteiger partial charge is 0.426 e. The molecule has 0 aliphatic carbocycles. The molecule has 0 saturated carbocycles. The minimum absolute atomic E-state index is 0.0428. The van der Waals surface area contributed by atoms with Crippen LogP contribution in [0.3, 0.4) is 0 Å². The Balaban J connectivity index is 1.44. The average molecular weight is 517 g/mol. The van der Waals surface area contributed by atoms with Crippen LogP contribution in [-0.2, 0) is 35.9 Å². The SMILES string of the molecule is CCOC(=O)CCNCc1cc2cc(OCc3cc(-c4ccccc4)c(C(F)(F)F)s3)ccc2n1C. The highest BCUT2D eigenvalue weighted by atomic mass is 32.1. The summed E-state index contributed by atoms with van der Waals surface area (Å²) in [4.78, 5) is 11.3. The van der Waals surface area contributed by atoms with Crippen molar-refractivity contribution in [2.75, 3.05) is 13.2 Å². The largest absolute Gasteiger partial charge is 0.488 e. The van der Waals surface area contributed by atoms with E-state index in [1.807, 2.05) is 31.3 Å². The van der Waals surface area contributed by atoms with Crippen LogP contribution in [0.25, 0.3) is 22.0 Å². The van der Waals surface area contributed by atoms with Crippen molar-refractivity contribution in [1.29, 1.82) is 0 Å². The molecule has 4 rings (SSSR count). The van der Waals surface area contributed by atoms with E-state index < -0.39 is 11.1 Å². The summed E-state index contributed by atoms with van der Waals surface area (Å²) in [5.41, 5.74) is 2.74. The number of fused-ring (bicyclic) bond motifs is 1. The number of nitrogens with one attached hydrogen (secondary N) is 1. The number of benzene rings is 2. The van der Waals surface area contributed by atoms with Crippen molar-refractivity contribution < 1.29 is 27.4 Å². The van der Waals surface area contributed by atoms with Gasteiger partial charge in [0.1, 0.15) is 17.2 Å². The fourth-order valence-electron chi connectivity index (χ4n) is 3.99. The average Bonchev–Trinajstić information content (AvgIpc) is 3.43. The highest BCUT2D eigenvalue weighted by molar-refractivity contribution is 7.12. The second-order valence-electron chi connectivity index (χ2n) is 8.26. The van der Waals surface area contributed by atoms with E-state index in [1.54, 1.807) is 43.3 Å². The number of halogens is 3. The summed E-state index contributed by atoms with van der Waals surface area (Å²) in [5.74, 6) is 0.353. The molecule has 1 N–H and O–H groups in total. The first-order valence-corrected chi connectivity index (χ1v) is 12.4. The molecule has 0 fully saturated rings. The Hall–Kier alpha value is -3.30. The van der Waals surface area contributed by atoms with E-state index in [0.717, 1.165) is 16.6 Å². The number of carbonyl (C=O) groups is 1. The molecular weight excluding hydrogens is 489 g/mol. The molecule has 190 valence electrons.